The number of hydrogen-bond donors (Lipinski definition) is 3. The zero-order valence-electron chi connectivity index (χ0n) is 55.9. The van der Waals surface area contributed by atoms with E-state index >= 15 is 0 Å². The van der Waals surface area contributed by atoms with E-state index < -0.39 is 0 Å². The van der Waals surface area contributed by atoms with E-state index in [4.69, 9.17) is 65.1 Å². The van der Waals surface area contributed by atoms with Crippen LogP contribution in [0.25, 0.3) is 28.6 Å². The molecule has 0 fully saturated rings. The number of halogens is 3. The van der Waals surface area contributed by atoms with Crippen LogP contribution in [-0.4, -0.2) is 50.1 Å². The Bertz CT molecular complexity index is 1690. The molecule has 0 aliphatic heterocycles. The van der Waals surface area contributed by atoms with Crippen LogP contribution in [0.2, 0.25) is 5.15 Å². The quantitative estimate of drug-likeness (QED) is 0.151. The Morgan fingerprint density at radius 1 is 0.795 bits per heavy atom. The van der Waals surface area contributed by atoms with Crippen LogP contribution >= 0.6 is 43.5 Å². The summed E-state index contributed by atoms with van der Waals surface area (Å²) in [4.78, 5) is 16.1. The molecule has 4 aromatic heterocycles. The molecule has 2 aromatic carbocycles. The van der Waals surface area contributed by atoms with Crippen LogP contribution in [0.4, 0.5) is 0 Å². The zero-order chi connectivity index (χ0) is 63.6. The van der Waals surface area contributed by atoms with E-state index in [1.165, 1.54) is 6.33 Å². The number of rotatable bonds is 3. The number of aromatic amines is 1. The van der Waals surface area contributed by atoms with Crippen LogP contribution in [-0.2, 0) is 0 Å². The van der Waals surface area contributed by atoms with Crippen molar-refractivity contribution in [2.45, 2.75) is 0 Å². The molecule has 6 rings (SSSR count). The van der Waals surface area contributed by atoms with Gasteiger partial charge in [0.05, 0.1) is 11.1 Å². The number of aromatic nitrogens is 8. The topological polar surface area (TPSA) is 139 Å². The molecule has 3 N–H and O–H groups in total. The van der Waals surface area contributed by atoms with Gasteiger partial charge in [0.25, 0.3) is 0 Å². The lowest BCUT2D eigenvalue weighted by molar-refractivity contribution is 0.476. The van der Waals surface area contributed by atoms with E-state index in [9.17, 15) is 10.2 Å². The van der Waals surface area contributed by atoms with Crippen molar-refractivity contribution in [2.24, 2.45) is 0 Å². The SMILES string of the molecule is Clc1ccccn1.Oc1ccc(Br)cc1-c1ncn(-c2ccccn2)n1.Oc1ccc(Br)cc1-c1ncn[nH]1.[3HH].[3H][3H].[3H][3H].[3H][3H].[3H][3H].[3H][3H].[3H][3H].[3H][3H].[3H][3H].[3H][3H].[3H][3H].[3H][3H].[3H][3H].[3H][3H].[3H][3H].[3H][3H].[3H][3H].[3H][3H].[3H][3H]. The third-order valence-corrected chi connectivity index (χ3v) is 6.04. The highest BCUT2D eigenvalue weighted by Gasteiger charge is 2.11. The van der Waals surface area contributed by atoms with E-state index in [0.29, 0.717) is 33.7 Å². The molecule has 6 aromatic rings. The highest BCUT2D eigenvalue weighted by Crippen LogP contribution is 2.30. The van der Waals surface area contributed by atoms with Crippen LogP contribution < -0.4 is 0 Å². The number of benzene rings is 2. The fourth-order valence-corrected chi connectivity index (χ4v) is 3.90. The maximum absolute atomic E-state index is 9.84. The number of hydrogen-bond acceptors (Lipinski definition) is 8. The van der Waals surface area contributed by atoms with Gasteiger partial charge in [0.2, 0.25) is 0 Å². The lowest BCUT2D eigenvalue weighted by Crippen LogP contribution is -1.97. The van der Waals surface area contributed by atoms with Crippen LogP contribution in [0.5, 0.6) is 11.5 Å². The molecule has 39 heavy (non-hydrogen) atoms. The largest absolute Gasteiger partial charge is 0.507 e. The van der Waals surface area contributed by atoms with E-state index in [0.717, 1.165) is 8.95 Å². The summed E-state index contributed by atoms with van der Waals surface area (Å²) in [6.07, 6.45) is 6.31. The van der Waals surface area contributed by atoms with E-state index in [-0.39, 0.29) is 12.9 Å². The normalized spacial score (nSPS) is 13.8. The van der Waals surface area contributed by atoms with Crippen molar-refractivity contribution in [1.82, 2.24) is 39.9 Å². The summed E-state index contributed by atoms with van der Waals surface area (Å²) in [7, 11) is 0. The van der Waals surface area contributed by atoms with Gasteiger partial charge in [0.15, 0.2) is 17.5 Å². The van der Waals surface area contributed by atoms with Gasteiger partial charge in [-0.25, -0.2) is 24.6 Å². The molecule has 0 aliphatic carbocycles. The summed E-state index contributed by atoms with van der Waals surface area (Å²) in [6, 6.07) is 21.2. The number of aromatic hydroxyl groups is 2. The second-order valence-electron chi connectivity index (χ2n) is 7.51. The molecule has 0 aliphatic rings. The predicted octanol–water partition coefficient (Wildman–Crippen LogP) is 11.1. The van der Waals surface area contributed by atoms with Gasteiger partial charge in [-0.05, 0) is 60.7 Å². The molecule has 4 heterocycles. The van der Waals surface area contributed by atoms with Crippen molar-refractivity contribution in [2.75, 3.05) is 0 Å². The third kappa shape index (κ3) is 7.93. The molecule has 0 amide bonds. The van der Waals surface area contributed by atoms with E-state index in [2.05, 4.69) is 67.1 Å². The molecule has 234 valence electrons. The third-order valence-electron chi connectivity index (χ3n) is 4.83. The lowest BCUT2D eigenvalue weighted by atomic mass is 10.2. The number of H-pyrrole nitrogens is 1. The molecule has 0 saturated carbocycles. The van der Waals surface area contributed by atoms with Crippen LogP contribution in [0, 0.1) is 0 Å². The molecular weight excluding hydrogens is 652 g/mol. The number of pyridine rings is 2. The fourth-order valence-electron chi connectivity index (χ4n) is 3.05. The second kappa shape index (κ2) is 13.6. The molecule has 0 spiro atoms. The van der Waals surface area contributed by atoms with Gasteiger partial charge >= 0.3 is 0 Å². The van der Waals surface area contributed by atoms with Crippen molar-refractivity contribution in [3.8, 4) is 40.1 Å². The Morgan fingerprint density at radius 2 is 1.46 bits per heavy atom. The van der Waals surface area contributed by atoms with Crippen molar-refractivity contribution < 1.29 is 65.1 Å². The summed E-state index contributed by atoms with van der Waals surface area (Å²) in [5, 5.41) is 30.6. The molecule has 0 radical (unpaired) electrons. The summed E-state index contributed by atoms with van der Waals surface area (Å²) in [5.74, 6) is 2.00. The van der Waals surface area contributed by atoms with Gasteiger partial charge in [0, 0.05) is 76.2 Å². The molecule has 0 unspecified atom stereocenters. The average molecular weight is 783 g/mol. The van der Waals surface area contributed by atoms with Crippen LogP contribution in [0.1, 0.15) is 54.9 Å². The maximum Gasteiger partial charge on any atom is 0.185 e. The second-order valence-corrected chi connectivity index (χ2v) is 9.73. The predicted molar refractivity (Wildman–Crippen MR) is 195 cm³/mol. The summed E-state index contributed by atoms with van der Waals surface area (Å²) >= 11 is 12.1. The number of phenolic OH excluding ortho intramolecular Hbond substituents is 2. The average Bonchev–Trinajstić information content (AvgIpc) is 4.29. The van der Waals surface area contributed by atoms with Crippen LogP contribution in [0.3, 0.4) is 0 Å². The first-order chi connectivity index (χ1) is 36.9. The minimum Gasteiger partial charge on any atom is -0.507 e. The number of nitrogens with zero attached hydrogens (tertiary/aromatic N) is 7. The maximum atomic E-state index is 9.84. The van der Waals surface area contributed by atoms with Gasteiger partial charge in [-0.3, -0.25) is 5.10 Å². The molecule has 0 bridgehead atoms. The van der Waals surface area contributed by atoms with E-state index in [1.807, 2.05) is 30.3 Å². The first-order valence-corrected chi connectivity index (χ1v) is 13.1. The lowest BCUT2D eigenvalue weighted by Gasteiger charge is -2.01. The minimum atomic E-state index is 0. The summed E-state index contributed by atoms with van der Waals surface area (Å²) < 4.78 is 183. The molecule has 13 heteroatoms. The van der Waals surface area contributed by atoms with Gasteiger partial charge in [-0.1, -0.05) is 55.6 Å². The van der Waals surface area contributed by atoms with Crippen LogP contribution in [0.15, 0.2) is 107 Å². The Morgan fingerprint density at radius 3 is 2.03 bits per heavy atom. The highest BCUT2D eigenvalue weighted by molar-refractivity contribution is 9.10. The first kappa shape index (κ1) is 12.8. The Labute approximate surface area is 301 Å². The zero-order valence-corrected chi connectivity index (χ0v) is 23.8. The van der Waals surface area contributed by atoms with Gasteiger partial charge in [-0.15, -0.1) is 5.10 Å². The number of nitrogens with one attached hydrogen (secondary N) is 1. The Balaban J connectivity index is -0.0000000401. The highest BCUT2D eigenvalue weighted by atomic mass is 79.9. The van der Waals surface area contributed by atoms with Gasteiger partial charge in [-0.2, -0.15) is 5.10 Å². The fraction of sp³-hybridized carbons (Fsp3) is 0. The minimum absolute atomic E-state index is 0. The van der Waals surface area contributed by atoms with Crippen molar-refractivity contribution >= 4 is 43.5 Å². The monoisotopic (exact) mass is 781 g/mol. The molecule has 10 nitrogen and oxygen atoms in total. The van der Waals surface area contributed by atoms with Crippen molar-refractivity contribution in [3.63, 3.8) is 0 Å². The summed E-state index contributed by atoms with van der Waals surface area (Å²) in [5.41, 5.74) is 1.20. The molecule has 0 saturated heterocycles. The first-order valence-electron chi connectivity index (χ1n) is 29.1. The van der Waals surface area contributed by atoms with Crippen molar-refractivity contribution in [3.05, 3.63) is 112 Å². The Kier molecular flexibility index (Phi) is 4.47. The van der Waals surface area contributed by atoms with E-state index in [1.54, 1.807) is 65.9 Å². The van der Waals surface area contributed by atoms with Gasteiger partial charge in [0.1, 0.15) is 29.3 Å². The Hall–Kier alpha value is -4.13. The molecule has 0 atom stereocenters. The van der Waals surface area contributed by atoms with Gasteiger partial charge < -0.3 is 10.2 Å². The number of phenols is 2. The van der Waals surface area contributed by atoms with Crippen molar-refractivity contribution in [1.29, 1.82) is 0 Å². The molecular formula is C26H57Br2ClN8O2. The smallest absolute Gasteiger partial charge is 0.185 e. The standard InChI is InChI=1S/C13H9BrN4O.C8H6BrN3O.C5H4ClN.19H2/c14-9-4-5-11(19)10(7-9)13-16-8-18(17-13)12-3-1-2-6-15-12;9-5-1-2-7(13)6(3-5)8-10-4-11-12-8;6-5-3-1-2-4-7-5;;;;;;;;;;;;;;;;;;;/h1-8,19H;1-4,13H,(H,10,11,12);1-4H;19*1H/i;;;18*1+2T;1+2. The summed E-state index contributed by atoms with van der Waals surface area (Å²) in [6.45, 7) is 0.